The van der Waals surface area contributed by atoms with Crippen molar-refractivity contribution in [2.45, 2.75) is 0 Å². The molecule has 0 bridgehead atoms. The molecule has 0 fully saturated rings. The maximum atomic E-state index is 10.7. The number of nitrogens with one attached hydrogen (secondary N) is 1. The molecule has 16 heavy (non-hydrogen) atoms. The number of anilines is 2. The minimum absolute atomic E-state index is 0.174. The molecular weight excluding hydrogens is 228 g/mol. The van der Waals surface area contributed by atoms with Crippen molar-refractivity contribution in [3.05, 3.63) is 23.8 Å². The first-order valence-corrected chi connectivity index (χ1v) is 6.18. The predicted octanol–water partition coefficient (Wildman–Crippen LogP) is -0.159. The SMILES string of the molecule is N#Cc1ccc(NCCS(N)(=O)=O)c(N)c1. The highest BCUT2D eigenvalue weighted by atomic mass is 32.2. The Morgan fingerprint density at radius 3 is 2.62 bits per heavy atom. The van der Waals surface area contributed by atoms with E-state index in [4.69, 9.17) is 16.1 Å². The summed E-state index contributed by atoms with van der Waals surface area (Å²) in [5.41, 5.74) is 7.09. The second-order valence-electron chi connectivity index (χ2n) is 3.21. The van der Waals surface area contributed by atoms with Crippen molar-refractivity contribution in [1.82, 2.24) is 0 Å². The summed E-state index contributed by atoms with van der Waals surface area (Å²) < 4.78 is 21.3. The van der Waals surface area contributed by atoms with Gasteiger partial charge in [0.25, 0.3) is 0 Å². The Morgan fingerprint density at radius 1 is 1.44 bits per heavy atom. The van der Waals surface area contributed by atoms with Gasteiger partial charge in [-0.15, -0.1) is 0 Å². The number of nitrogen functional groups attached to an aromatic ring is 1. The van der Waals surface area contributed by atoms with Crippen LogP contribution >= 0.6 is 0 Å². The number of hydrogen-bond donors (Lipinski definition) is 3. The highest BCUT2D eigenvalue weighted by Gasteiger charge is 2.04. The summed E-state index contributed by atoms with van der Waals surface area (Å²) in [5, 5.41) is 16.3. The fourth-order valence-electron chi connectivity index (χ4n) is 1.12. The lowest BCUT2D eigenvalue weighted by atomic mass is 10.2. The van der Waals surface area contributed by atoms with Crippen LogP contribution in [-0.4, -0.2) is 20.7 Å². The van der Waals surface area contributed by atoms with Crippen LogP contribution in [0.15, 0.2) is 18.2 Å². The van der Waals surface area contributed by atoms with Gasteiger partial charge in [-0.25, -0.2) is 13.6 Å². The van der Waals surface area contributed by atoms with Gasteiger partial charge < -0.3 is 11.1 Å². The first-order chi connectivity index (χ1) is 7.42. The number of sulfonamides is 1. The zero-order valence-corrected chi connectivity index (χ0v) is 9.29. The molecule has 0 amide bonds. The fraction of sp³-hybridized carbons (Fsp3) is 0.222. The minimum Gasteiger partial charge on any atom is -0.397 e. The van der Waals surface area contributed by atoms with Crippen LogP contribution in [0.5, 0.6) is 0 Å². The average Bonchev–Trinajstić information content (AvgIpc) is 2.18. The highest BCUT2D eigenvalue weighted by Crippen LogP contribution is 2.18. The van der Waals surface area contributed by atoms with Gasteiger partial charge in [0.15, 0.2) is 0 Å². The van der Waals surface area contributed by atoms with E-state index < -0.39 is 10.0 Å². The number of rotatable bonds is 4. The van der Waals surface area contributed by atoms with Crippen LogP contribution < -0.4 is 16.2 Å². The van der Waals surface area contributed by atoms with Crippen molar-refractivity contribution in [3.8, 4) is 6.07 Å². The van der Waals surface area contributed by atoms with E-state index in [1.807, 2.05) is 6.07 Å². The molecule has 86 valence electrons. The maximum absolute atomic E-state index is 10.7. The van der Waals surface area contributed by atoms with E-state index in [1.165, 1.54) is 6.07 Å². The summed E-state index contributed by atoms with van der Waals surface area (Å²) in [6.45, 7) is 0.176. The zero-order chi connectivity index (χ0) is 12.2. The first kappa shape index (κ1) is 12.3. The highest BCUT2D eigenvalue weighted by molar-refractivity contribution is 7.89. The second-order valence-corrected chi connectivity index (χ2v) is 4.94. The monoisotopic (exact) mass is 240 g/mol. The molecule has 0 saturated heterocycles. The quantitative estimate of drug-likeness (QED) is 0.631. The van der Waals surface area contributed by atoms with Crippen LogP contribution in [0.1, 0.15) is 5.56 Å². The van der Waals surface area contributed by atoms with Gasteiger partial charge in [0.2, 0.25) is 10.0 Å². The molecule has 0 heterocycles. The minimum atomic E-state index is -3.48. The van der Waals surface area contributed by atoms with Crippen molar-refractivity contribution in [1.29, 1.82) is 5.26 Å². The van der Waals surface area contributed by atoms with Crippen LogP contribution in [0.2, 0.25) is 0 Å². The Kier molecular flexibility index (Phi) is 3.71. The van der Waals surface area contributed by atoms with Crippen LogP contribution in [0.3, 0.4) is 0 Å². The third kappa shape index (κ3) is 3.76. The molecule has 0 atom stereocenters. The smallest absolute Gasteiger partial charge is 0.210 e. The lowest BCUT2D eigenvalue weighted by Crippen LogP contribution is -2.22. The maximum Gasteiger partial charge on any atom is 0.210 e. The van der Waals surface area contributed by atoms with Crippen molar-refractivity contribution < 1.29 is 8.42 Å². The van der Waals surface area contributed by atoms with Gasteiger partial charge in [-0.2, -0.15) is 5.26 Å². The van der Waals surface area contributed by atoms with E-state index in [9.17, 15) is 8.42 Å². The molecule has 0 spiro atoms. The molecule has 1 aromatic carbocycles. The van der Waals surface area contributed by atoms with E-state index in [0.717, 1.165) is 0 Å². The number of nitrogens with two attached hydrogens (primary N) is 2. The molecule has 1 aromatic rings. The summed E-state index contributed by atoms with van der Waals surface area (Å²) in [5.74, 6) is -0.174. The van der Waals surface area contributed by atoms with E-state index >= 15 is 0 Å². The van der Waals surface area contributed by atoms with Crippen molar-refractivity contribution in [3.63, 3.8) is 0 Å². The number of hydrogen-bond acceptors (Lipinski definition) is 5. The van der Waals surface area contributed by atoms with Gasteiger partial charge in [0, 0.05) is 6.54 Å². The third-order valence-corrected chi connectivity index (χ3v) is 2.66. The van der Waals surface area contributed by atoms with E-state index in [-0.39, 0.29) is 12.3 Å². The normalized spacial score (nSPS) is 10.8. The summed E-state index contributed by atoms with van der Waals surface area (Å²) in [6.07, 6.45) is 0. The van der Waals surface area contributed by atoms with Crippen LogP contribution in [0.25, 0.3) is 0 Å². The van der Waals surface area contributed by atoms with Crippen LogP contribution in [0.4, 0.5) is 11.4 Å². The Balaban J connectivity index is 2.66. The topological polar surface area (TPSA) is 122 Å². The molecule has 0 aliphatic rings. The summed E-state index contributed by atoms with van der Waals surface area (Å²) in [6, 6.07) is 6.68. The molecule has 0 unspecified atom stereocenters. The molecule has 1 rings (SSSR count). The third-order valence-electron chi connectivity index (χ3n) is 1.88. The summed E-state index contributed by atoms with van der Waals surface area (Å²) in [7, 11) is -3.48. The molecule has 6 nitrogen and oxygen atoms in total. The molecule has 5 N–H and O–H groups in total. The molecule has 0 aliphatic heterocycles. The van der Waals surface area contributed by atoms with Gasteiger partial charge in [0.05, 0.1) is 28.8 Å². The fourth-order valence-corrected chi connectivity index (χ4v) is 1.51. The molecule has 0 aliphatic carbocycles. The first-order valence-electron chi connectivity index (χ1n) is 4.46. The van der Waals surface area contributed by atoms with Crippen LogP contribution in [-0.2, 0) is 10.0 Å². The van der Waals surface area contributed by atoms with Crippen LogP contribution in [0, 0.1) is 11.3 Å². The standard InChI is InChI=1S/C9H12N4O2S/c10-6-7-1-2-9(8(11)5-7)13-3-4-16(12,14)15/h1-2,5,13H,3-4,11H2,(H2,12,14,15). The largest absolute Gasteiger partial charge is 0.397 e. The van der Waals surface area contributed by atoms with Gasteiger partial charge >= 0.3 is 0 Å². The van der Waals surface area contributed by atoms with Gasteiger partial charge in [-0.05, 0) is 18.2 Å². The summed E-state index contributed by atoms with van der Waals surface area (Å²) in [4.78, 5) is 0. The zero-order valence-electron chi connectivity index (χ0n) is 8.47. The van der Waals surface area contributed by atoms with Crippen molar-refractivity contribution in [2.24, 2.45) is 5.14 Å². The summed E-state index contributed by atoms with van der Waals surface area (Å²) >= 11 is 0. The Bertz CT molecular complexity index is 519. The predicted molar refractivity (Wildman–Crippen MR) is 62.0 cm³/mol. The van der Waals surface area contributed by atoms with E-state index in [0.29, 0.717) is 16.9 Å². The van der Waals surface area contributed by atoms with Gasteiger partial charge in [0.1, 0.15) is 0 Å². The Morgan fingerprint density at radius 2 is 2.12 bits per heavy atom. The molecule has 0 aromatic heterocycles. The van der Waals surface area contributed by atoms with Crippen molar-refractivity contribution in [2.75, 3.05) is 23.3 Å². The van der Waals surface area contributed by atoms with E-state index in [2.05, 4.69) is 5.32 Å². The second kappa shape index (κ2) is 4.83. The Hall–Kier alpha value is -1.78. The Labute approximate surface area is 93.9 Å². The average molecular weight is 240 g/mol. The number of nitriles is 1. The lowest BCUT2D eigenvalue weighted by Gasteiger charge is -2.08. The van der Waals surface area contributed by atoms with Crippen molar-refractivity contribution >= 4 is 21.4 Å². The molecular formula is C9H12N4O2S. The van der Waals surface area contributed by atoms with E-state index in [1.54, 1.807) is 12.1 Å². The molecule has 7 heteroatoms. The molecule has 0 radical (unpaired) electrons. The van der Waals surface area contributed by atoms with Gasteiger partial charge in [-0.1, -0.05) is 0 Å². The number of nitrogens with zero attached hydrogens (tertiary/aromatic N) is 1. The lowest BCUT2D eigenvalue weighted by molar-refractivity contribution is 0.598. The van der Waals surface area contributed by atoms with Gasteiger partial charge in [-0.3, -0.25) is 0 Å². The molecule has 0 saturated carbocycles. The number of primary sulfonamides is 1. The number of benzene rings is 1.